The van der Waals surface area contributed by atoms with E-state index in [0.29, 0.717) is 0 Å². The van der Waals surface area contributed by atoms with Gasteiger partial charge in [-0.15, -0.1) is 0 Å². The number of rotatable bonds is 7. The van der Waals surface area contributed by atoms with Crippen LogP contribution in [0.2, 0.25) is 0 Å². The summed E-state index contributed by atoms with van der Waals surface area (Å²) in [7, 11) is 0. The third-order valence-corrected chi connectivity index (χ3v) is 5.45. The second kappa shape index (κ2) is 7.83. The van der Waals surface area contributed by atoms with Crippen LogP contribution in [0.4, 0.5) is 0 Å². The van der Waals surface area contributed by atoms with E-state index in [1.54, 1.807) is 0 Å². The van der Waals surface area contributed by atoms with Crippen LogP contribution in [0.25, 0.3) is 0 Å². The van der Waals surface area contributed by atoms with Crippen LogP contribution in [0.3, 0.4) is 0 Å². The molecule has 0 radical (unpaired) electrons. The van der Waals surface area contributed by atoms with Crippen LogP contribution >= 0.6 is 0 Å². The minimum atomic E-state index is 0.0858. The van der Waals surface area contributed by atoms with E-state index in [4.69, 9.17) is 0 Å². The fourth-order valence-electron chi connectivity index (χ4n) is 3.61. The number of aryl methyl sites for hydroxylation is 2. The summed E-state index contributed by atoms with van der Waals surface area (Å²) in [5.41, 5.74) is 8.36. The molecule has 2 rings (SSSR count). The van der Waals surface area contributed by atoms with Gasteiger partial charge in [-0.25, -0.2) is 0 Å². The highest BCUT2D eigenvalue weighted by atomic mass is 14.3. The molecule has 0 amide bonds. The minimum absolute atomic E-state index is 0.0858. The molecule has 128 valence electrons. The number of allylic oxidation sites excluding steroid dienone is 1. The summed E-state index contributed by atoms with van der Waals surface area (Å²) in [6, 6.07) is 15.9. The summed E-state index contributed by atoms with van der Waals surface area (Å²) >= 11 is 0. The molecule has 1 unspecified atom stereocenters. The lowest BCUT2D eigenvalue weighted by Gasteiger charge is -2.33. The second-order valence-corrected chi connectivity index (χ2v) is 7.35. The molecule has 1 atom stereocenters. The van der Waals surface area contributed by atoms with Crippen molar-refractivity contribution in [3.8, 4) is 0 Å². The van der Waals surface area contributed by atoms with Gasteiger partial charge in [-0.3, -0.25) is 0 Å². The Morgan fingerprint density at radius 3 is 2.12 bits per heavy atom. The van der Waals surface area contributed by atoms with Crippen molar-refractivity contribution in [2.24, 2.45) is 0 Å². The lowest BCUT2D eigenvalue weighted by molar-refractivity contribution is 0.512. The second-order valence-electron chi connectivity index (χ2n) is 7.35. The van der Waals surface area contributed by atoms with E-state index >= 15 is 0 Å². The zero-order valence-corrected chi connectivity index (χ0v) is 16.1. The molecule has 0 aromatic heterocycles. The van der Waals surface area contributed by atoms with Gasteiger partial charge in [0.05, 0.1) is 0 Å². The molecule has 0 fully saturated rings. The Morgan fingerprint density at radius 1 is 0.958 bits per heavy atom. The molecule has 0 heterocycles. The average molecular weight is 321 g/mol. The number of benzene rings is 2. The molecule has 0 saturated heterocycles. The molecule has 0 aliphatic carbocycles. The van der Waals surface area contributed by atoms with Crippen molar-refractivity contribution in [3.63, 3.8) is 0 Å². The molecular weight excluding hydrogens is 288 g/mol. The zero-order chi connectivity index (χ0) is 17.7. The standard InChI is InChI=1S/C24H32/c1-7-9-20(5)24(6,8-2)23-15-14-22(16-19(23)4)17-21-12-10-18(3)11-13-21/h10-16H,5,7-9,17H2,1-4,6H3. The van der Waals surface area contributed by atoms with Crippen molar-refractivity contribution in [1.29, 1.82) is 0 Å². The van der Waals surface area contributed by atoms with Crippen molar-refractivity contribution in [2.75, 3.05) is 0 Å². The Morgan fingerprint density at radius 2 is 1.58 bits per heavy atom. The van der Waals surface area contributed by atoms with Gasteiger partial charge >= 0.3 is 0 Å². The molecule has 0 bridgehead atoms. The third kappa shape index (κ3) is 3.98. The molecule has 0 aliphatic heterocycles. The van der Waals surface area contributed by atoms with Crippen LogP contribution in [-0.2, 0) is 11.8 Å². The average Bonchev–Trinajstić information content (AvgIpc) is 2.56. The van der Waals surface area contributed by atoms with Crippen LogP contribution in [0.15, 0.2) is 54.6 Å². The van der Waals surface area contributed by atoms with Gasteiger partial charge in [-0.1, -0.05) is 87.4 Å². The van der Waals surface area contributed by atoms with Crippen LogP contribution in [0, 0.1) is 13.8 Å². The van der Waals surface area contributed by atoms with Crippen LogP contribution < -0.4 is 0 Å². The van der Waals surface area contributed by atoms with Gasteiger partial charge in [0.25, 0.3) is 0 Å². The Hall–Kier alpha value is -1.82. The lowest BCUT2D eigenvalue weighted by Crippen LogP contribution is -2.24. The van der Waals surface area contributed by atoms with E-state index in [1.807, 2.05) is 0 Å². The molecule has 0 N–H and O–H groups in total. The maximum Gasteiger partial charge on any atom is 0.0131 e. The van der Waals surface area contributed by atoms with Crippen LogP contribution in [0.1, 0.15) is 67.9 Å². The molecular formula is C24H32. The van der Waals surface area contributed by atoms with E-state index < -0.39 is 0 Å². The summed E-state index contributed by atoms with van der Waals surface area (Å²) in [6.45, 7) is 15.7. The first kappa shape index (κ1) is 18.5. The predicted octanol–water partition coefficient (Wildman–Crippen LogP) is 6.92. The molecule has 2 aromatic rings. The third-order valence-electron chi connectivity index (χ3n) is 5.45. The molecule has 0 spiro atoms. The van der Waals surface area contributed by atoms with Gasteiger partial charge in [-0.05, 0) is 55.4 Å². The largest absolute Gasteiger partial charge is 0.0990 e. The summed E-state index contributed by atoms with van der Waals surface area (Å²) in [4.78, 5) is 0. The summed E-state index contributed by atoms with van der Waals surface area (Å²) < 4.78 is 0. The minimum Gasteiger partial charge on any atom is -0.0990 e. The Labute approximate surface area is 148 Å². The normalized spacial score (nSPS) is 13.5. The van der Waals surface area contributed by atoms with Gasteiger partial charge in [0.2, 0.25) is 0 Å². The molecule has 0 aliphatic rings. The highest BCUT2D eigenvalue weighted by Gasteiger charge is 2.28. The first-order chi connectivity index (χ1) is 11.4. The fourth-order valence-corrected chi connectivity index (χ4v) is 3.61. The topological polar surface area (TPSA) is 0 Å². The number of hydrogen-bond acceptors (Lipinski definition) is 0. The highest BCUT2D eigenvalue weighted by molar-refractivity contribution is 5.43. The quantitative estimate of drug-likeness (QED) is 0.486. The van der Waals surface area contributed by atoms with Crippen molar-refractivity contribution in [2.45, 2.75) is 65.7 Å². The van der Waals surface area contributed by atoms with Gasteiger partial charge in [-0.2, -0.15) is 0 Å². The zero-order valence-electron chi connectivity index (χ0n) is 16.1. The van der Waals surface area contributed by atoms with E-state index in [-0.39, 0.29) is 5.41 Å². The van der Waals surface area contributed by atoms with Gasteiger partial charge in [0.15, 0.2) is 0 Å². The Bertz CT molecular complexity index is 690. The molecule has 0 saturated carbocycles. The molecule has 24 heavy (non-hydrogen) atoms. The van der Waals surface area contributed by atoms with E-state index in [9.17, 15) is 0 Å². The Balaban J connectivity index is 2.28. The summed E-state index contributed by atoms with van der Waals surface area (Å²) in [5, 5.41) is 0. The predicted molar refractivity (Wildman–Crippen MR) is 107 cm³/mol. The van der Waals surface area contributed by atoms with Gasteiger partial charge in [0, 0.05) is 5.41 Å². The van der Waals surface area contributed by atoms with Crippen molar-refractivity contribution in [1.82, 2.24) is 0 Å². The van der Waals surface area contributed by atoms with Crippen LogP contribution in [-0.4, -0.2) is 0 Å². The summed E-state index contributed by atoms with van der Waals surface area (Å²) in [5.74, 6) is 0. The van der Waals surface area contributed by atoms with E-state index in [2.05, 4.69) is 83.7 Å². The highest BCUT2D eigenvalue weighted by Crippen LogP contribution is 2.38. The molecule has 0 nitrogen and oxygen atoms in total. The first-order valence-corrected chi connectivity index (χ1v) is 9.24. The van der Waals surface area contributed by atoms with Crippen molar-refractivity contribution < 1.29 is 0 Å². The van der Waals surface area contributed by atoms with Gasteiger partial charge in [0.1, 0.15) is 0 Å². The fraction of sp³-hybridized carbons (Fsp3) is 0.417. The smallest absolute Gasteiger partial charge is 0.0131 e. The van der Waals surface area contributed by atoms with E-state index in [1.165, 1.54) is 39.8 Å². The van der Waals surface area contributed by atoms with Gasteiger partial charge < -0.3 is 0 Å². The monoisotopic (exact) mass is 320 g/mol. The SMILES string of the molecule is C=C(CCC)C(C)(CC)c1ccc(Cc2ccc(C)cc2)cc1C. The first-order valence-electron chi connectivity index (χ1n) is 9.24. The molecule has 2 aromatic carbocycles. The lowest BCUT2D eigenvalue weighted by atomic mass is 9.71. The Kier molecular flexibility index (Phi) is 6.04. The van der Waals surface area contributed by atoms with Crippen LogP contribution in [0.5, 0.6) is 0 Å². The number of hydrogen-bond donors (Lipinski definition) is 0. The maximum atomic E-state index is 4.40. The van der Waals surface area contributed by atoms with Crippen molar-refractivity contribution >= 4 is 0 Å². The van der Waals surface area contributed by atoms with Crippen molar-refractivity contribution in [3.05, 3.63) is 82.4 Å². The van der Waals surface area contributed by atoms with E-state index in [0.717, 1.165) is 19.3 Å². The summed E-state index contributed by atoms with van der Waals surface area (Å²) in [6.07, 6.45) is 4.37. The molecule has 0 heteroatoms. The maximum absolute atomic E-state index is 4.40.